The Morgan fingerprint density at radius 3 is 2.47 bits per heavy atom. The molecule has 4 rings (SSSR count). The normalized spacial score (nSPS) is 45.9. The summed E-state index contributed by atoms with van der Waals surface area (Å²) in [5, 5.41) is 23.3. The number of aliphatic hydroxyl groups is 1. The number of alkyl halides is 3. The number of fused-ring (bicyclic) bond motifs is 5. The monoisotopic (exact) mass is 509 g/mol. The number of carbonyl (C=O) groups is 2. The fourth-order valence-electron chi connectivity index (χ4n) is 8.30. The van der Waals surface area contributed by atoms with Crippen LogP contribution >= 0.6 is 34.8 Å². The number of hydrogen-bond donors (Lipinski definition) is 3. The van der Waals surface area contributed by atoms with Crippen LogP contribution < -0.4 is 5.32 Å². The van der Waals surface area contributed by atoms with Gasteiger partial charge in [0, 0.05) is 6.04 Å². The summed E-state index contributed by atoms with van der Waals surface area (Å²) >= 11 is 17.2. The molecule has 0 heterocycles. The van der Waals surface area contributed by atoms with Crippen LogP contribution in [0.2, 0.25) is 0 Å². The van der Waals surface area contributed by atoms with E-state index in [2.05, 4.69) is 19.2 Å². The highest BCUT2D eigenvalue weighted by atomic mass is 35.6. The van der Waals surface area contributed by atoms with E-state index >= 15 is 0 Å². The first-order chi connectivity index (χ1) is 14.8. The molecule has 3 N–H and O–H groups in total. The number of aliphatic hydroxyl groups excluding tert-OH is 1. The first kappa shape index (κ1) is 24.7. The molecule has 0 radical (unpaired) electrons. The molecule has 4 saturated carbocycles. The Morgan fingerprint density at radius 1 is 1.09 bits per heavy atom. The van der Waals surface area contributed by atoms with Crippen LogP contribution in [0.4, 0.5) is 4.79 Å². The lowest BCUT2D eigenvalue weighted by Crippen LogP contribution is -2.63. The lowest BCUT2D eigenvalue weighted by Gasteiger charge is -2.63. The second kappa shape index (κ2) is 8.66. The minimum absolute atomic E-state index is 0.0159. The number of carboxylic acids is 1. The van der Waals surface area contributed by atoms with Gasteiger partial charge >= 0.3 is 12.1 Å². The van der Waals surface area contributed by atoms with E-state index < -0.39 is 21.8 Å². The van der Waals surface area contributed by atoms with Gasteiger partial charge in [0.2, 0.25) is 3.79 Å². The van der Waals surface area contributed by atoms with Crippen molar-refractivity contribution in [2.75, 3.05) is 6.61 Å². The largest absolute Gasteiger partial charge is 0.481 e. The van der Waals surface area contributed by atoms with Gasteiger partial charge in [-0.1, -0.05) is 48.7 Å². The van der Waals surface area contributed by atoms with Gasteiger partial charge in [-0.25, -0.2) is 4.79 Å². The first-order valence-corrected chi connectivity index (χ1v) is 12.9. The second-order valence-electron chi connectivity index (χ2n) is 11.1. The molecule has 0 aromatic carbocycles. The number of rotatable bonds is 3. The van der Waals surface area contributed by atoms with Gasteiger partial charge in [-0.05, 0) is 85.9 Å². The molecule has 182 valence electrons. The van der Waals surface area contributed by atoms with Gasteiger partial charge < -0.3 is 20.3 Å². The van der Waals surface area contributed by atoms with Crippen molar-refractivity contribution in [3.8, 4) is 0 Å². The van der Waals surface area contributed by atoms with Crippen LogP contribution in [0.15, 0.2) is 0 Å². The van der Waals surface area contributed by atoms with Gasteiger partial charge in [-0.15, -0.1) is 0 Å². The Bertz CT molecular complexity index is 760. The fraction of sp³-hybridized carbons (Fsp3) is 0.913. The summed E-state index contributed by atoms with van der Waals surface area (Å²) in [4.78, 5) is 24.8. The number of carbonyl (C=O) groups excluding carboxylic acids is 1. The predicted molar refractivity (Wildman–Crippen MR) is 123 cm³/mol. The summed E-state index contributed by atoms with van der Waals surface area (Å²) in [6.45, 7) is 4.06. The maximum atomic E-state index is 12.7. The summed E-state index contributed by atoms with van der Waals surface area (Å²) in [5.41, 5.74) is -0.393. The van der Waals surface area contributed by atoms with Crippen molar-refractivity contribution < 1.29 is 24.5 Å². The minimum Gasteiger partial charge on any atom is -0.481 e. The molecule has 0 aromatic heterocycles. The third kappa shape index (κ3) is 4.34. The van der Waals surface area contributed by atoms with Crippen molar-refractivity contribution in [2.24, 2.45) is 40.4 Å². The van der Waals surface area contributed by atoms with Crippen LogP contribution in [0.5, 0.6) is 0 Å². The van der Waals surface area contributed by atoms with Crippen LogP contribution in [0.3, 0.4) is 0 Å². The predicted octanol–water partition coefficient (Wildman–Crippen LogP) is 5.17. The molecule has 9 heteroatoms. The minimum atomic E-state index is -1.69. The highest BCUT2D eigenvalue weighted by molar-refractivity contribution is 6.67. The summed E-state index contributed by atoms with van der Waals surface area (Å²) in [5.74, 6) is 0.122. The van der Waals surface area contributed by atoms with E-state index in [4.69, 9.17) is 39.5 Å². The molecular formula is C23H34Cl3NO5. The number of aliphatic carboxylic acids is 1. The van der Waals surface area contributed by atoms with Crippen molar-refractivity contribution in [3.05, 3.63) is 0 Å². The number of amides is 1. The summed E-state index contributed by atoms with van der Waals surface area (Å²) in [6, 6.07) is -0.216. The van der Waals surface area contributed by atoms with Gasteiger partial charge in [-0.3, -0.25) is 4.79 Å². The lowest BCUT2D eigenvalue weighted by molar-refractivity contribution is -0.158. The SMILES string of the molecule is C[C@]12CC[C@@H](O)C[C@H]1CC[C@@H]1[C@@H]2[C@H](NC(=O)OCC(Cl)(Cl)Cl)C[C@]2(C)[C@@H](C(=O)O)CC[C@@H]12. The van der Waals surface area contributed by atoms with Crippen LogP contribution in [0.25, 0.3) is 0 Å². The number of hydrogen-bond acceptors (Lipinski definition) is 4. The smallest absolute Gasteiger partial charge is 0.407 e. The third-order valence-corrected chi connectivity index (χ3v) is 9.89. The Hall–Kier alpha value is -0.430. The first-order valence-electron chi connectivity index (χ1n) is 11.8. The summed E-state index contributed by atoms with van der Waals surface area (Å²) < 4.78 is 3.50. The van der Waals surface area contributed by atoms with Crippen LogP contribution in [0.1, 0.15) is 65.2 Å². The number of alkyl carbamates (subject to hydrolysis) is 1. The molecule has 0 spiro atoms. The highest BCUT2D eigenvalue weighted by Gasteiger charge is 2.64. The summed E-state index contributed by atoms with van der Waals surface area (Å²) in [7, 11) is 0. The van der Waals surface area contributed by atoms with E-state index in [1.807, 2.05) is 0 Å². The van der Waals surface area contributed by atoms with E-state index in [1.165, 1.54) is 0 Å². The van der Waals surface area contributed by atoms with Gasteiger partial charge in [0.1, 0.15) is 6.61 Å². The molecule has 0 aromatic rings. The molecule has 1 amide bonds. The van der Waals surface area contributed by atoms with Crippen molar-refractivity contribution >= 4 is 46.9 Å². The van der Waals surface area contributed by atoms with E-state index in [0.29, 0.717) is 30.6 Å². The van der Waals surface area contributed by atoms with Crippen LogP contribution in [-0.2, 0) is 9.53 Å². The molecule has 32 heavy (non-hydrogen) atoms. The number of carboxylic acid groups (broad SMARTS) is 1. The second-order valence-corrected chi connectivity index (χ2v) is 13.6. The van der Waals surface area contributed by atoms with E-state index in [9.17, 15) is 19.8 Å². The number of ether oxygens (including phenoxy) is 1. The molecule has 0 bridgehead atoms. The van der Waals surface area contributed by atoms with Crippen LogP contribution in [0, 0.1) is 40.4 Å². The zero-order valence-corrected chi connectivity index (χ0v) is 20.9. The van der Waals surface area contributed by atoms with E-state index in [1.54, 1.807) is 0 Å². The molecule has 0 aliphatic heterocycles. The third-order valence-electron chi connectivity index (χ3n) is 9.56. The maximum Gasteiger partial charge on any atom is 0.407 e. The van der Waals surface area contributed by atoms with Crippen LogP contribution in [-0.4, -0.2) is 44.8 Å². The molecule has 0 saturated heterocycles. The van der Waals surface area contributed by atoms with E-state index in [-0.39, 0.29) is 35.5 Å². The molecular weight excluding hydrogens is 477 g/mol. The number of nitrogens with one attached hydrogen (secondary N) is 1. The zero-order valence-electron chi connectivity index (χ0n) is 18.7. The Balaban J connectivity index is 1.64. The van der Waals surface area contributed by atoms with Gasteiger partial charge in [0.15, 0.2) is 0 Å². The molecule has 4 fully saturated rings. The van der Waals surface area contributed by atoms with Crippen molar-refractivity contribution in [1.29, 1.82) is 0 Å². The fourth-order valence-corrected chi connectivity index (χ4v) is 8.47. The van der Waals surface area contributed by atoms with Crippen molar-refractivity contribution in [1.82, 2.24) is 5.32 Å². The van der Waals surface area contributed by atoms with Gasteiger partial charge in [0.05, 0.1) is 12.0 Å². The molecule has 0 unspecified atom stereocenters. The van der Waals surface area contributed by atoms with Gasteiger partial charge in [0.25, 0.3) is 0 Å². The topological polar surface area (TPSA) is 95.9 Å². The lowest BCUT2D eigenvalue weighted by atomic mass is 9.43. The molecule has 4 aliphatic carbocycles. The Morgan fingerprint density at radius 2 is 1.81 bits per heavy atom. The standard InChI is InChI=1S/C23H34Cl3NO5/c1-21-8-7-13(28)9-12(21)3-4-14-15-5-6-16(19(29)30)22(15,2)10-17(18(14)21)27-20(31)32-11-23(24,25)26/h12-18,28H,3-11H2,1-2H3,(H,27,31)(H,29,30)/t12-,13-,14+,15+,16-,17-,18-,21+,22+/m1/s1. The zero-order chi connectivity index (χ0) is 23.5. The summed E-state index contributed by atoms with van der Waals surface area (Å²) in [6.07, 6.45) is 5.83. The average molecular weight is 511 g/mol. The number of halogens is 3. The quantitative estimate of drug-likeness (QED) is 0.455. The van der Waals surface area contributed by atoms with Crippen molar-refractivity contribution in [3.63, 3.8) is 0 Å². The Labute approximate surface area is 204 Å². The highest BCUT2D eigenvalue weighted by Crippen LogP contribution is 2.67. The Kier molecular flexibility index (Phi) is 6.68. The maximum absolute atomic E-state index is 12.7. The molecule has 9 atom stereocenters. The van der Waals surface area contributed by atoms with Gasteiger partial charge in [-0.2, -0.15) is 0 Å². The molecule has 4 aliphatic rings. The average Bonchev–Trinajstić information content (AvgIpc) is 3.03. The molecule has 6 nitrogen and oxygen atoms in total. The van der Waals surface area contributed by atoms with E-state index in [0.717, 1.165) is 38.5 Å². The van der Waals surface area contributed by atoms with Crippen molar-refractivity contribution in [2.45, 2.75) is 81.2 Å².